The molecule has 0 radical (unpaired) electrons. The van der Waals surface area contributed by atoms with Gasteiger partial charge in [-0.25, -0.2) is 0 Å². The van der Waals surface area contributed by atoms with Crippen LogP contribution in [0.2, 0.25) is 0 Å². The van der Waals surface area contributed by atoms with Crippen LogP contribution in [0.5, 0.6) is 0 Å². The van der Waals surface area contributed by atoms with E-state index in [1.54, 1.807) is 25.6 Å². The molecule has 0 saturated carbocycles. The van der Waals surface area contributed by atoms with Gasteiger partial charge in [-0.3, -0.25) is 0 Å². The zero-order valence-corrected chi connectivity index (χ0v) is 15.4. The molecule has 1 aromatic rings. The van der Waals surface area contributed by atoms with Gasteiger partial charge in [0.15, 0.2) is 12.2 Å². The summed E-state index contributed by atoms with van der Waals surface area (Å²) < 4.78 is 28.6. The summed E-state index contributed by atoms with van der Waals surface area (Å²) in [6, 6.07) is 0. The third-order valence-electron chi connectivity index (χ3n) is 3.34. The van der Waals surface area contributed by atoms with Gasteiger partial charge in [-0.05, 0) is 0 Å². The highest BCUT2D eigenvalue weighted by atomic mass is 32.1. The van der Waals surface area contributed by atoms with Crippen molar-refractivity contribution in [2.75, 3.05) is 67.1 Å². The minimum Gasteiger partial charge on any atom is -0.382 e. The number of thiazole rings is 1. The van der Waals surface area contributed by atoms with Gasteiger partial charge in [0.25, 0.3) is 0 Å². The Balaban J connectivity index is 2.10. The summed E-state index contributed by atoms with van der Waals surface area (Å²) >= 11 is 1.77. The molecule has 0 aliphatic rings. The number of hydrogen-bond acceptors (Lipinski definition) is 6. The van der Waals surface area contributed by atoms with Crippen molar-refractivity contribution in [1.29, 1.82) is 0 Å². The Hall–Kier alpha value is -0.570. The molecular formula is C16H30NO5S+. The normalized spacial score (nSPS) is 11.3. The Bertz CT molecular complexity index is 400. The highest BCUT2D eigenvalue weighted by molar-refractivity contribution is 7.09. The van der Waals surface area contributed by atoms with Crippen molar-refractivity contribution >= 4 is 11.3 Å². The quantitative estimate of drug-likeness (QED) is 0.352. The van der Waals surface area contributed by atoms with Crippen LogP contribution in [0.1, 0.15) is 10.6 Å². The summed E-state index contributed by atoms with van der Waals surface area (Å²) in [5.74, 6) is 0. The average molecular weight is 348 g/mol. The van der Waals surface area contributed by atoms with Crippen LogP contribution in [0, 0.1) is 6.92 Å². The summed E-state index contributed by atoms with van der Waals surface area (Å²) in [6.07, 6.45) is 0.937. The van der Waals surface area contributed by atoms with Crippen LogP contribution in [-0.2, 0) is 36.6 Å². The molecule has 6 nitrogen and oxygen atoms in total. The lowest BCUT2D eigenvalue weighted by molar-refractivity contribution is -0.699. The monoisotopic (exact) mass is 348 g/mol. The highest BCUT2D eigenvalue weighted by Gasteiger charge is 2.14. The van der Waals surface area contributed by atoms with Gasteiger partial charge in [0, 0.05) is 27.6 Å². The topological polar surface area (TPSA) is 50.0 Å². The van der Waals surface area contributed by atoms with E-state index >= 15 is 0 Å². The Labute approximate surface area is 143 Å². The predicted molar refractivity (Wildman–Crippen MR) is 89.2 cm³/mol. The van der Waals surface area contributed by atoms with E-state index in [-0.39, 0.29) is 0 Å². The lowest BCUT2D eigenvalue weighted by Crippen LogP contribution is -2.37. The van der Waals surface area contributed by atoms with Gasteiger partial charge < -0.3 is 23.7 Å². The zero-order valence-electron chi connectivity index (χ0n) is 14.5. The minimum atomic E-state index is 0.617. The fourth-order valence-electron chi connectivity index (χ4n) is 1.95. The molecule has 0 fully saturated rings. The fourth-order valence-corrected chi connectivity index (χ4v) is 2.96. The maximum atomic E-state index is 5.60. The van der Waals surface area contributed by atoms with Crippen molar-refractivity contribution in [3.63, 3.8) is 0 Å². The van der Waals surface area contributed by atoms with Crippen molar-refractivity contribution in [2.24, 2.45) is 0 Å². The first-order chi connectivity index (χ1) is 11.3. The summed E-state index contributed by atoms with van der Waals surface area (Å²) in [5, 5.41) is 0. The van der Waals surface area contributed by atoms with Crippen LogP contribution < -0.4 is 4.57 Å². The molecule has 23 heavy (non-hydrogen) atoms. The third kappa shape index (κ3) is 9.34. The Morgan fingerprint density at radius 2 is 1.39 bits per heavy atom. The van der Waals surface area contributed by atoms with Crippen molar-refractivity contribution in [2.45, 2.75) is 19.9 Å². The second-order valence-corrected chi connectivity index (χ2v) is 5.94. The molecule has 0 aliphatic heterocycles. The third-order valence-corrected chi connectivity index (χ3v) is 4.49. The molecular weight excluding hydrogens is 318 g/mol. The lowest BCUT2D eigenvalue weighted by Gasteiger charge is -2.04. The van der Waals surface area contributed by atoms with E-state index in [1.807, 2.05) is 0 Å². The molecule has 0 atom stereocenters. The molecule has 1 rings (SSSR count). The molecule has 7 heteroatoms. The number of nitrogens with zero attached hydrogens (tertiary/aromatic N) is 1. The van der Waals surface area contributed by atoms with Crippen LogP contribution >= 0.6 is 11.3 Å². The van der Waals surface area contributed by atoms with Crippen molar-refractivity contribution < 1.29 is 28.3 Å². The van der Waals surface area contributed by atoms with Gasteiger partial charge >= 0.3 is 0 Å². The molecule has 1 heterocycles. The number of hydrogen-bond donors (Lipinski definition) is 0. The number of methoxy groups -OCH3 is 2. The summed E-state index contributed by atoms with van der Waals surface area (Å²) in [7, 11) is 3.35. The van der Waals surface area contributed by atoms with Gasteiger partial charge in [-0.1, -0.05) is 11.3 Å². The molecule has 0 saturated heterocycles. The van der Waals surface area contributed by atoms with Crippen LogP contribution in [0.4, 0.5) is 0 Å². The number of rotatable bonds is 15. The first-order valence-electron chi connectivity index (χ1n) is 7.97. The van der Waals surface area contributed by atoms with Crippen molar-refractivity contribution in [3.8, 4) is 0 Å². The van der Waals surface area contributed by atoms with Crippen LogP contribution in [-0.4, -0.2) is 67.1 Å². The summed E-state index contributed by atoms with van der Waals surface area (Å²) in [6.45, 7) is 8.24. The lowest BCUT2D eigenvalue weighted by atomic mass is 10.3. The average Bonchev–Trinajstić information content (AvgIpc) is 2.90. The molecule has 0 aromatic carbocycles. The first-order valence-corrected chi connectivity index (χ1v) is 8.85. The van der Waals surface area contributed by atoms with E-state index in [4.69, 9.17) is 23.7 Å². The SMILES string of the molecule is COCCOCCOCCc1sc[n+](CCOCCOC)c1C. The second kappa shape index (κ2) is 13.8. The van der Waals surface area contributed by atoms with E-state index in [1.165, 1.54) is 10.6 Å². The second-order valence-electron chi connectivity index (χ2n) is 5.00. The summed E-state index contributed by atoms with van der Waals surface area (Å²) in [5.41, 5.74) is 3.45. The van der Waals surface area contributed by atoms with Crippen molar-refractivity contribution in [1.82, 2.24) is 0 Å². The highest BCUT2D eigenvalue weighted by Crippen LogP contribution is 2.11. The molecule has 0 spiro atoms. The van der Waals surface area contributed by atoms with Crippen LogP contribution in [0.3, 0.4) is 0 Å². The van der Waals surface area contributed by atoms with Gasteiger partial charge in [0.1, 0.15) is 6.61 Å². The van der Waals surface area contributed by atoms with Gasteiger partial charge in [0.05, 0.1) is 51.1 Å². The molecule has 0 N–H and O–H groups in total. The Morgan fingerprint density at radius 3 is 2.04 bits per heavy atom. The molecule has 134 valence electrons. The molecule has 0 aliphatic carbocycles. The molecule has 0 unspecified atom stereocenters. The summed E-state index contributed by atoms with van der Waals surface area (Å²) in [4.78, 5) is 1.36. The standard InChI is InChI=1S/C16H30NO5S/c1-15-16(4-6-20-12-13-22-11-9-19-3)23-14-17(15)5-7-21-10-8-18-2/h14H,4-13H2,1-3H3/q+1. The number of ether oxygens (including phenoxy) is 5. The van der Waals surface area contributed by atoms with Gasteiger partial charge in [-0.15, -0.1) is 0 Å². The smallest absolute Gasteiger partial charge is 0.225 e. The van der Waals surface area contributed by atoms with Crippen LogP contribution in [0.15, 0.2) is 5.51 Å². The largest absolute Gasteiger partial charge is 0.382 e. The van der Waals surface area contributed by atoms with E-state index in [0.29, 0.717) is 46.2 Å². The molecule has 0 amide bonds. The van der Waals surface area contributed by atoms with E-state index < -0.39 is 0 Å². The Kier molecular flexibility index (Phi) is 12.3. The fraction of sp³-hybridized carbons (Fsp3) is 0.812. The molecule has 0 bridgehead atoms. The number of aromatic nitrogens is 1. The van der Waals surface area contributed by atoms with E-state index in [0.717, 1.165) is 19.6 Å². The first kappa shape index (κ1) is 20.5. The van der Waals surface area contributed by atoms with Crippen molar-refractivity contribution in [3.05, 3.63) is 16.1 Å². The van der Waals surface area contributed by atoms with E-state index in [9.17, 15) is 0 Å². The Morgan fingerprint density at radius 1 is 0.826 bits per heavy atom. The predicted octanol–water partition coefficient (Wildman–Crippen LogP) is 1.23. The van der Waals surface area contributed by atoms with E-state index in [2.05, 4.69) is 17.0 Å². The molecule has 1 aromatic heterocycles. The maximum absolute atomic E-state index is 5.60. The minimum absolute atomic E-state index is 0.617. The van der Waals surface area contributed by atoms with Crippen LogP contribution in [0.25, 0.3) is 0 Å². The van der Waals surface area contributed by atoms with Gasteiger partial charge in [-0.2, -0.15) is 4.57 Å². The zero-order chi connectivity index (χ0) is 16.8. The van der Waals surface area contributed by atoms with Gasteiger partial charge in [0.2, 0.25) is 5.51 Å². The maximum Gasteiger partial charge on any atom is 0.225 e.